The first-order valence-electron chi connectivity index (χ1n) is 4.73. The first-order chi connectivity index (χ1) is 7.70. The van der Waals surface area contributed by atoms with Crippen LogP contribution < -0.4 is 0 Å². The minimum Gasteiger partial charge on any atom is -0.382 e. The van der Waals surface area contributed by atoms with E-state index in [9.17, 15) is 5.11 Å². The molecule has 4 heteroatoms. The number of nitrogens with zero attached hydrogens (tertiary/aromatic N) is 1. The van der Waals surface area contributed by atoms with E-state index >= 15 is 0 Å². The van der Waals surface area contributed by atoms with Crippen molar-refractivity contribution in [2.24, 2.45) is 0 Å². The molecule has 2 nitrogen and oxygen atoms in total. The number of rotatable bonds is 2. The largest absolute Gasteiger partial charge is 0.382 e. The lowest BCUT2D eigenvalue weighted by molar-refractivity contribution is 0.215. The van der Waals surface area contributed by atoms with Crippen molar-refractivity contribution in [3.05, 3.63) is 63.9 Å². The first kappa shape index (κ1) is 11.4. The van der Waals surface area contributed by atoms with Crippen molar-refractivity contribution >= 4 is 23.2 Å². The predicted octanol–water partition coefficient (Wildman–Crippen LogP) is 3.47. The van der Waals surface area contributed by atoms with Gasteiger partial charge in [-0.25, -0.2) is 0 Å². The van der Waals surface area contributed by atoms with Crippen LogP contribution in [-0.4, -0.2) is 10.1 Å². The van der Waals surface area contributed by atoms with E-state index in [0.29, 0.717) is 21.3 Å². The summed E-state index contributed by atoms with van der Waals surface area (Å²) in [5, 5.41) is 10.9. The van der Waals surface area contributed by atoms with Crippen LogP contribution in [0, 0.1) is 0 Å². The van der Waals surface area contributed by atoms with Gasteiger partial charge in [-0.15, -0.1) is 0 Å². The summed E-state index contributed by atoms with van der Waals surface area (Å²) in [4.78, 5) is 4.07. The zero-order valence-electron chi connectivity index (χ0n) is 8.27. The fraction of sp³-hybridized carbons (Fsp3) is 0.0833. The van der Waals surface area contributed by atoms with E-state index in [2.05, 4.69) is 4.98 Å². The summed E-state index contributed by atoms with van der Waals surface area (Å²) in [6.07, 6.45) is 0.768. The van der Waals surface area contributed by atoms with Crippen LogP contribution in [0.2, 0.25) is 10.0 Å². The highest BCUT2D eigenvalue weighted by Gasteiger charge is 2.16. The van der Waals surface area contributed by atoms with Crippen molar-refractivity contribution < 1.29 is 5.11 Å². The summed E-state index contributed by atoms with van der Waals surface area (Å²) in [6.45, 7) is 0. The van der Waals surface area contributed by atoms with Gasteiger partial charge in [-0.1, -0.05) is 41.4 Å². The van der Waals surface area contributed by atoms with Gasteiger partial charge < -0.3 is 5.11 Å². The third-order valence-electron chi connectivity index (χ3n) is 2.24. The van der Waals surface area contributed by atoms with Crippen LogP contribution in [0.3, 0.4) is 0 Å². The molecule has 0 aliphatic heterocycles. The zero-order valence-corrected chi connectivity index (χ0v) is 9.78. The van der Waals surface area contributed by atoms with Gasteiger partial charge in [0.15, 0.2) is 0 Å². The minimum absolute atomic E-state index is 0.363. The Bertz CT molecular complexity index is 488. The Hall–Kier alpha value is -1.09. The molecule has 0 radical (unpaired) electrons. The van der Waals surface area contributed by atoms with Gasteiger partial charge in [-0.3, -0.25) is 4.98 Å². The topological polar surface area (TPSA) is 33.1 Å². The Balaban J connectivity index is 2.42. The maximum Gasteiger partial charge on any atom is 0.122 e. The minimum atomic E-state index is -0.854. The summed E-state index contributed by atoms with van der Waals surface area (Å²) >= 11 is 11.9. The Labute approximate surface area is 103 Å². The second kappa shape index (κ2) is 4.83. The van der Waals surface area contributed by atoms with Gasteiger partial charge in [-0.2, -0.15) is 0 Å². The van der Waals surface area contributed by atoms with Gasteiger partial charge in [-0.05, 0) is 18.2 Å². The van der Waals surface area contributed by atoms with Gasteiger partial charge >= 0.3 is 0 Å². The molecular formula is C12H9Cl2NO. The second-order valence-electron chi connectivity index (χ2n) is 3.30. The van der Waals surface area contributed by atoms with Crippen LogP contribution >= 0.6 is 23.2 Å². The monoisotopic (exact) mass is 253 g/mol. The fourth-order valence-electron chi connectivity index (χ4n) is 1.43. The first-order valence-corrected chi connectivity index (χ1v) is 5.48. The van der Waals surface area contributed by atoms with Crippen molar-refractivity contribution in [2.75, 3.05) is 0 Å². The van der Waals surface area contributed by atoms with Crippen molar-refractivity contribution in [3.8, 4) is 0 Å². The van der Waals surface area contributed by atoms with Crippen LogP contribution in [-0.2, 0) is 0 Å². The van der Waals surface area contributed by atoms with E-state index in [1.54, 1.807) is 36.5 Å². The average molecular weight is 254 g/mol. The molecule has 16 heavy (non-hydrogen) atoms. The summed E-state index contributed by atoms with van der Waals surface area (Å²) in [7, 11) is 0. The molecule has 1 unspecified atom stereocenters. The average Bonchev–Trinajstić information content (AvgIpc) is 2.33. The SMILES string of the molecule is OC(c1ccccn1)c1cccc(Cl)c1Cl. The Morgan fingerprint density at radius 1 is 1.06 bits per heavy atom. The van der Waals surface area contributed by atoms with E-state index < -0.39 is 6.10 Å². The smallest absolute Gasteiger partial charge is 0.122 e. The molecule has 82 valence electrons. The Kier molecular flexibility index (Phi) is 3.44. The number of aliphatic hydroxyl groups is 1. The fourth-order valence-corrected chi connectivity index (χ4v) is 1.84. The van der Waals surface area contributed by atoms with Crippen LogP contribution in [0.15, 0.2) is 42.6 Å². The Morgan fingerprint density at radius 2 is 1.88 bits per heavy atom. The number of benzene rings is 1. The molecule has 0 saturated heterocycles. The predicted molar refractivity (Wildman–Crippen MR) is 64.8 cm³/mol. The lowest BCUT2D eigenvalue weighted by Gasteiger charge is -2.12. The molecule has 2 aromatic rings. The number of aromatic nitrogens is 1. The number of hydrogen-bond donors (Lipinski definition) is 1. The molecule has 0 fully saturated rings. The molecule has 0 amide bonds. The van der Waals surface area contributed by atoms with Crippen molar-refractivity contribution in [1.82, 2.24) is 4.98 Å². The molecule has 0 aliphatic carbocycles. The third-order valence-corrected chi connectivity index (χ3v) is 3.08. The molecular weight excluding hydrogens is 245 g/mol. The van der Waals surface area contributed by atoms with Gasteiger partial charge in [0.2, 0.25) is 0 Å². The van der Waals surface area contributed by atoms with E-state index in [4.69, 9.17) is 23.2 Å². The normalized spacial score (nSPS) is 12.4. The lowest BCUT2D eigenvalue weighted by atomic mass is 10.1. The summed E-state index contributed by atoms with van der Waals surface area (Å²) in [6, 6.07) is 10.5. The molecule has 2 rings (SSSR count). The number of aliphatic hydroxyl groups excluding tert-OH is 1. The maximum absolute atomic E-state index is 10.1. The maximum atomic E-state index is 10.1. The standard InChI is InChI=1S/C12H9Cl2NO/c13-9-5-3-4-8(11(9)14)12(16)10-6-1-2-7-15-10/h1-7,12,16H. The van der Waals surface area contributed by atoms with Gasteiger partial charge in [0.05, 0.1) is 15.7 Å². The van der Waals surface area contributed by atoms with Gasteiger partial charge in [0.25, 0.3) is 0 Å². The van der Waals surface area contributed by atoms with E-state index in [1.165, 1.54) is 0 Å². The van der Waals surface area contributed by atoms with Gasteiger partial charge in [0, 0.05) is 11.8 Å². The lowest BCUT2D eigenvalue weighted by Crippen LogP contribution is -2.02. The van der Waals surface area contributed by atoms with E-state index in [0.717, 1.165) is 0 Å². The summed E-state index contributed by atoms with van der Waals surface area (Å²) in [5.41, 5.74) is 1.11. The van der Waals surface area contributed by atoms with Crippen LogP contribution in [0.4, 0.5) is 0 Å². The number of hydrogen-bond acceptors (Lipinski definition) is 2. The summed E-state index contributed by atoms with van der Waals surface area (Å²) < 4.78 is 0. The van der Waals surface area contributed by atoms with Crippen molar-refractivity contribution in [2.45, 2.75) is 6.10 Å². The highest BCUT2D eigenvalue weighted by Crippen LogP contribution is 2.32. The molecule has 0 bridgehead atoms. The molecule has 0 spiro atoms. The van der Waals surface area contributed by atoms with Crippen molar-refractivity contribution in [1.29, 1.82) is 0 Å². The molecule has 1 aromatic heterocycles. The van der Waals surface area contributed by atoms with Crippen LogP contribution in [0.25, 0.3) is 0 Å². The van der Waals surface area contributed by atoms with E-state index in [1.807, 2.05) is 6.07 Å². The third kappa shape index (κ3) is 2.19. The highest BCUT2D eigenvalue weighted by atomic mass is 35.5. The molecule has 1 aromatic carbocycles. The van der Waals surface area contributed by atoms with E-state index in [-0.39, 0.29) is 0 Å². The van der Waals surface area contributed by atoms with Gasteiger partial charge in [0.1, 0.15) is 6.10 Å². The van der Waals surface area contributed by atoms with Crippen LogP contribution in [0.5, 0.6) is 0 Å². The molecule has 1 heterocycles. The van der Waals surface area contributed by atoms with Crippen molar-refractivity contribution in [3.63, 3.8) is 0 Å². The molecule has 0 saturated carbocycles. The molecule has 1 atom stereocenters. The molecule has 1 N–H and O–H groups in total. The number of halogens is 2. The Morgan fingerprint density at radius 3 is 2.56 bits per heavy atom. The number of pyridine rings is 1. The summed E-state index contributed by atoms with van der Waals surface area (Å²) in [5.74, 6) is 0. The molecule has 0 aliphatic rings. The quantitative estimate of drug-likeness (QED) is 0.890. The van der Waals surface area contributed by atoms with Crippen LogP contribution in [0.1, 0.15) is 17.4 Å². The highest BCUT2D eigenvalue weighted by molar-refractivity contribution is 6.42. The zero-order chi connectivity index (χ0) is 11.5. The second-order valence-corrected chi connectivity index (χ2v) is 4.09.